The predicted octanol–water partition coefficient (Wildman–Crippen LogP) is 12.9. The molecule has 1 aliphatic heterocycles. The molecule has 0 unspecified atom stereocenters. The summed E-state index contributed by atoms with van der Waals surface area (Å²) < 4.78 is 26.6. The summed E-state index contributed by atoms with van der Waals surface area (Å²) in [4.78, 5) is 87.2. The molecule has 7 rings (SSSR count). The SMILES string of the molecule is COC(=O)C1(CC(=O)Cc2c(C)cc(Cl)cc2C)CCC(=O)CC1.COC(=O)C1(CC(=O)Cc2c(C)cc(Cl)cc2C)CCC(C)(C)CC1.COC(=O)C1(CC(=O)Cc2c(C)cc(Cl)cc2C)CCC2(CC1)OCCO2. The summed E-state index contributed by atoms with van der Waals surface area (Å²) >= 11 is 18.2. The van der Waals surface area contributed by atoms with Gasteiger partial charge in [-0.15, -0.1) is 0 Å². The van der Waals surface area contributed by atoms with E-state index in [2.05, 4.69) is 13.8 Å². The fourth-order valence-electron chi connectivity index (χ4n) is 11.9. The second kappa shape index (κ2) is 26.5. The van der Waals surface area contributed by atoms with Gasteiger partial charge in [-0.3, -0.25) is 33.6 Å². The predicted molar refractivity (Wildman–Crippen MR) is 295 cm³/mol. The molecule has 4 fully saturated rings. The molecular weight excluding hydrogens is 1030 g/mol. The third kappa shape index (κ3) is 15.9. The lowest BCUT2D eigenvalue weighted by Crippen LogP contribution is -2.45. The van der Waals surface area contributed by atoms with E-state index in [4.69, 9.17) is 58.5 Å². The Balaban J connectivity index is 0.000000211. The van der Waals surface area contributed by atoms with Gasteiger partial charge in [0.25, 0.3) is 0 Å². The normalized spacial score (nSPS) is 20.0. The monoisotopic (exact) mass is 1110 g/mol. The van der Waals surface area contributed by atoms with Crippen LogP contribution >= 0.6 is 34.8 Å². The van der Waals surface area contributed by atoms with Crippen LogP contribution < -0.4 is 0 Å². The first-order valence-corrected chi connectivity index (χ1v) is 27.7. The van der Waals surface area contributed by atoms with Crippen LogP contribution in [0, 0.1) is 63.2 Å². The van der Waals surface area contributed by atoms with E-state index in [0.29, 0.717) is 92.5 Å². The van der Waals surface area contributed by atoms with Crippen LogP contribution in [0.2, 0.25) is 15.1 Å². The van der Waals surface area contributed by atoms with Gasteiger partial charge in [0.1, 0.15) is 23.1 Å². The average Bonchev–Trinajstić information content (AvgIpc) is 3.82. The summed E-state index contributed by atoms with van der Waals surface area (Å²) in [7, 11) is 4.13. The third-order valence-corrected chi connectivity index (χ3v) is 17.3. The van der Waals surface area contributed by atoms with Crippen molar-refractivity contribution < 1.29 is 57.2 Å². The number of halogens is 3. The van der Waals surface area contributed by atoms with Crippen LogP contribution in [0.1, 0.15) is 160 Å². The van der Waals surface area contributed by atoms with E-state index in [1.54, 1.807) is 0 Å². The molecule has 3 saturated carbocycles. The van der Waals surface area contributed by atoms with Crippen molar-refractivity contribution in [2.75, 3.05) is 34.5 Å². The average molecular weight is 1110 g/mol. The highest BCUT2D eigenvalue weighted by molar-refractivity contribution is 6.31. The molecule has 0 amide bonds. The molecule has 4 aliphatic rings. The number of carbonyl (C=O) groups is 7. The number of Topliss-reactive ketones (excluding diaryl/α,β-unsaturated/α-hetero) is 4. The fraction of sp³-hybridized carbons (Fsp3) is 0.590. The minimum Gasteiger partial charge on any atom is -0.469 e. The van der Waals surface area contributed by atoms with Crippen molar-refractivity contribution in [1.82, 2.24) is 0 Å². The number of aryl methyl sites for hydroxylation is 6. The van der Waals surface area contributed by atoms with Crippen LogP contribution in [0.25, 0.3) is 0 Å². The number of hydrogen-bond acceptors (Lipinski definition) is 12. The standard InChI is InChI=1S/C21H27ClO5.C21H29ClO3.C19H23ClO4/c1-14-10-16(22)11-15(2)18(14)12-17(23)13-20(19(24)25-3)4-6-21(7-5-20)26-8-9-27-21;1-14-10-16(22)11-15(2)18(14)12-17(23)13-21(19(24)25-5)8-6-20(3,4)7-9-21;1-12-8-14(20)9-13(2)17(12)10-16(22)11-19(18(23)24-3)6-4-15(21)5-7-19/h10-11H,4-9,12-13H2,1-3H3;10-11H,6-9,12-13H2,1-5H3;8-9H,4-7,10-11H2,1-3H3. The number of hydrogen-bond donors (Lipinski definition) is 0. The maximum atomic E-state index is 12.9. The molecular formula is C61H79Cl3O12. The highest BCUT2D eigenvalue weighted by atomic mass is 35.5. The van der Waals surface area contributed by atoms with Gasteiger partial charge in [0.05, 0.1) is 50.8 Å². The molecule has 1 saturated heterocycles. The summed E-state index contributed by atoms with van der Waals surface area (Å²) in [6.07, 6.45) is 8.51. The lowest BCUT2D eigenvalue weighted by atomic mass is 9.63. The van der Waals surface area contributed by atoms with E-state index < -0.39 is 22.0 Å². The lowest BCUT2D eigenvalue weighted by Gasteiger charge is -2.41. The molecule has 0 aromatic heterocycles. The Morgan fingerprint density at radius 1 is 0.447 bits per heavy atom. The first-order valence-electron chi connectivity index (χ1n) is 26.5. The van der Waals surface area contributed by atoms with Gasteiger partial charge >= 0.3 is 17.9 Å². The van der Waals surface area contributed by atoms with Crippen LogP contribution in [0.3, 0.4) is 0 Å². The van der Waals surface area contributed by atoms with Gasteiger partial charge in [-0.05, 0) is 185 Å². The molecule has 0 radical (unpaired) electrons. The van der Waals surface area contributed by atoms with Crippen LogP contribution in [0.4, 0.5) is 0 Å². The van der Waals surface area contributed by atoms with Crippen LogP contribution in [0.15, 0.2) is 36.4 Å². The molecule has 3 aromatic rings. The molecule has 1 spiro atoms. The highest BCUT2D eigenvalue weighted by Crippen LogP contribution is 2.49. The van der Waals surface area contributed by atoms with Crippen LogP contribution in [0.5, 0.6) is 0 Å². The maximum absolute atomic E-state index is 12.9. The number of esters is 3. The zero-order valence-electron chi connectivity index (χ0n) is 46.6. The van der Waals surface area contributed by atoms with Crippen molar-refractivity contribution in [1.29, 1.82) is 0 Å². The number of benzene rings is 3. The number of ketones is 4. The summed E-state index contributed by atoms with van der Waals surface area (Å²) in [5.74, 6) is -1.24. The fourth-order valence-corrected chi connectivity index (χ4v) is 12.9. The van der Waals surface area contributed by atoms with Gasteiger partial charge in [-0.2, -0.15) is 0 Å². The van der Waals surface area contributed by atoms with Crippen molar-refractivity contribution in [3.05, 3.63) is 102 Å². The molecule has 0 N–H and O–H groups in total. The van der Waals surface area contributed by atoms with E-state index in [0.717, 1.165) is 75.8 Å². The zero-order valence-corrected chi connectivity index (χ0v) is 48.9. The first-order chi connectivity index (χ1) is 35.6. The smallest absolute Gasteiger partial charge is 0.312 e. The van der Waals surface area contributed by atoms with Crippen molar-refractivity contribution in [2.24, 2.45) is 21.7 Å². The van der Waals surface area contributed by atoms with Gasteiger partial charge in [0, 0.05) is 79.3 Å². The van der Waals surface area contributed by atoms with E-state index in [9.17, 15) is 33.6 Å². The Morgan fingerprint density at radius 2 is 0.711 bits per heavy atom. The topological polar surface area (TPSA) is 166 Å². The van der Waals surface area contributed by atoms with Gasteiger partial charge in [0.2, 0.25) is 0 Å². The number of carbonyl (C=O) groups excluding carboxylic acids is 7. The molecule has 1 heterocycles. The van der Waals surface area contributed by atoms with Gasteiger partial charge in [-0.25, -0.2) is 0 Å². The molecule has 0 bridgehead atoms. The summed E-state index contributed by atoms with van der Waals surface area (Å²) in [5, 5.41) is 2.01. The van der Waals surface area contributed by atoms with Crippen molar-refractivity contribution in [2.45, 2.75) is 177 Å². The summed E-state index contributed by atoms with van der Waals surface area (Å²) in [6, 6.07) is 11.2. The first kappa shape index (κ1) is 62.4. The van der Waals surface area contributed by atoms with Gasteiger partial charge < -0.3 is 23.7 Å². The van der Waals surface area contributed by atoms with Crippen LogP contribution in [-0.2, 0) is 76.5 Å². The Kier molecular flexibility index (Phi) is 21.7. The van der Waals surface area contributed by atoms with E-state index in [1.165, 1.54) is 21.3 Å². The molecule has 3 aliphatic carbocycles. The molecule has 0 atom stereocenters. The van der Waals surface area contributed by atoms with Gasteiger partial charge in [0.15, 0.2) is 5.79 Å². The molecule has 3 aromatic carbocycles. The Hall–Kier alpha value is -4.46. The Morgan fingerprint density at radius 3 is 0.987 bits per heavy atom. The molecule has 76 heavy (non-hydrogen) atoms. The summed E-state index contributed by atoms with van der Waals surface area (Å²) in [5.41, 5.74) is 6.87. The number of methoxy groups -OCH3 is 3. The van der Waals surface area contributed by atoms with Crippen molar-refractivity contribution in [3.63, 3.8) is 0 Å². The Labute approximate surface area is 465 Å². The van der Waals surface area contributed by atoms with E-state index in [1.807, 2.05) is 77.9 Å². The third-order valence-electron chi connectivity index (χ3n) is 16.7. The second-order valence-electron chi connectivity index (χ2n) is 22.9. The maximum Gasteiger partial charge on any atom is 0.312 e. The van der Waals surface area contributed by atoms with Gasteiger partial charge in [-0.1, -0.05) is 48.7 Å². The largest absolute Gasteiger partial charge is 0.469 e. The van der Waals surface area contributed by atoms with E-state index in [-0.39, 0.29) is 72.1 Å². The highest BCUT2D eigenvalue weighted by Gasteiger charge is 2.52. The van der Waals surface area contributed by atoms with Crippen molar-refractivity contribution in [3.8, 4) is 0 Å². The lowest BCUT2D eigenvalue weighted by molar-refractivity contribution is -0.199. The minimum absolute atomic E-state index is 0.0109. The quantitative estimate of drug-likeness (QED) is 0.105. The number of ether oxygens (including phenoxy) is 5. The molecule has 15 heteroatoms. The van der Waals surface area contributed by atoms with Crippen molar-refractivity contribution >= 4 is 75.8 Å². The molecule has 12 nitrogen and oxygen atoms in total. The minimum atomic E-state index is -0.853. The Bertz CT molecular complexity index is 2560. The second-order valence-corrected chi connectivity index (χ2v) is 24.2. The number of rotatable bonds is 15. The zero-order chi connectivity index (χ0) is 56.4. The molecule has 416 valence electrons. The van der Waals surface area contributed by atoms with Crippen LogP contribution in [-0.4, -0.2) is 81.4 Å². The summed E-state index contributed by atoms with van der Waals surface area (Å²) in [6.45, 7) is 17.3. The van der Waals surface area contributed by atoms with E-state index >= 15 is 0 Å².